The molecule has 11 heteroatoms. The molecule has 1 aliphatic carbocycles. The number of aryl methyl sites for hydroxylation is 1. The monoisotopic (exact) mass is 550 g/mol. The molecule has 1 aromatic carbocycles. The number of pyridine rings is 1. The first-order valence-electron chi connectivity index (χ1n) is 13.4. The first kappa shape index (κ1) is 26.0. The maximum Gasteiger partial charge on any atom is 0.268 e. The van der Waals surface area contributed by atoms with Crippen LogP contribution in [0.15, 0.2) is 46.5 Å². The van der Waals surface area contributed by atoms with E-state index in [1.807, 2.05) is 18.2 Å². The van der Waals surface area contributed by atoms with Crippen LogP contribution < -0.4 is 20.9 Å². The van der Waals surface area contributed by atoms with E-state index in [0.29, 0.717) is 38.2 Å². The van der Waals surface area contributed by atoms with Crippen molar-refractivity contribution in [2.75, 3.05) is 31.1 Å². The van der Waals surface area contributed by atoms with E-state index in [1.54, 1.807) is 12.5 Å². The molecule has 2 aromatic heterocycles. The van der Waals surface area contributed by atoms with Crippen LogP contribution in [0.4, 0.5) is 5.82 Å². The number of rotatable bonds is 4. The molecule has 1 fully saturated rings. The number of aromatic amines is 1. The van der Waals surface area contributed by atoms with E-state index in [1.165, 1.54) is 15.9 Å². The van der Waals surface area contributed by atoms with E-state index in [9.17, 15) is 13.2 Å². The van der Waals surface area contributed by atoms with E-state index in [-0.39, 0.29) is 22.9 Å². The molecule has 39 heavy (non-hydrogen) atoms. The van der Waals surface area contributed by atoms with Gasteiger partial charge in [0, 0.05) is 48.7 Å². The third-order valence-corrected chi connectivity index (χ3v) is 9.92. The summed E-state index contributed by atoms with van der Waals surface area (Å²) in [6.07, 6.45) is 6.77. The smallest absolute Gasteiger partial charge is 0.268 e. The number of nitrogens with one attached hydrogen (secondary N) is 1. The molecule has 3 aliphatic rings. The first-order chi connectivity index (χ1) is 18.6. The lowest BCUT2D eigenvalue weighted by atomic mass is 9.76. The van der Waals surface area contributed by atoms with Crippen molar-refractivity contribution in [2.24, 2.45) is 11.1 Å². The van der Waals surface area contributed by atoms with E-state index in [2.05, 4.69) is 28.7 Å². The number of anilines is 1. The second-order valence-electron chi connectivity index (χ2n) is 11.5. The SMILES string of the molecule is CC1(C)CCc2ncnc(N3CCOc4ccc(-c5c[nH]c(=O)c(S(=O)(=O)N6CCC(N)C6)c5)cc4C3)c2C1. The highest BCUT2D eigenvalue weighted by Gasteiger charge is 2.33. The van der Waals surface area contributed by atoms with Gasteiger partial charge in [-0.25, -0.2) is 18.4 Å². The zero-order valence-electron chi connectivity index (χ0n) is 22.3. The fourth-order valence-electron chi connectivity index (χ4n) is 5.82. The van der Waals surface area contributed by atoms with Crippen LogP contribution in [-0.2, 0) is 29.4 Å². The molecular formula is C28H34N6O4S. The number of fused-ring (bicyclic) bond motifs is 2. The third kappa shape index (κ3) is 4.94. The Bertz CT molecular complexity index is 1590. The highest BCUT2D eigenvalue weighted by atomic mass is 32.2. The number of nitrogens with zero attached hydrogens (tertiary/aromatic N) is 4. The number of aromatic nitrogens is 3. The number of hydrogen-bond acceptors (Lipinski definition) is 8. The molecule has 0 bridgehead atoms. The number of hydrogen-bond donors (Lipinski definition) is 2. The minimum absolute atomic E-state index is 0.197. The lowest BCUT2D eigenvalue weighted by Gasteiger charge is -2.33. The molecule has 4 heterocycles. The maximum absolute atomic E-state index is 13.2. The molecule has 0 spiro atoms. The molecule has 1 atom stereocenters. The summed E-state index contributed by atoms with van der Waals surface area (Å²) in [5.74, 6) is 1.74. The molecule has 1 saturated heterocycles. The van der Waals surface area contributed by atoms with Crippen LogP contribution in [0, 0.1) is 5.41 Å². The molecule has 0 amide bonds. The summed E-state index contributed by atoms with van der Waals surface area (Å²) in [4.78, 5) is 26.5. The Morgan fingerprint density at radius 2 is 2.00 bits per heavy atom. The average Bonchev–Trinajstić information content (AvgIpc) is 3.24. The normalized spacial score (nSPS) is 21.1. The van der Waals surface area contributed by atoms with Crippen LogP contribution >= 0.6 is 0 Å². The predicted octanol–water partition coefficient (Wildman–Crippen LogP) is 2.47. The molecule has 1 unspecified atom stereocenters. The van der Waals surface area contributed by atoms with E-state index in [0.717, 1.165) is 47.7 Å². The fourth-order valence-corrected chi connectivity index (χ4v) is 7.40. The number of benzene rings is 1. The van der Waals surface area contributed by atoms with Gasteiger partial charge >= 0.3 is 0 Å². The van der Waals surface area contributed by atoms with Crippen molar-refractivity contribution in [3.63, 3.8) is 0 Å². The molecule has 3 N–H and O–H groups in total. The second-order valence-corrected chi connectivity index (χ2v) is 13.5. The zero-order chi connectivity index (χ0) is 27.4. The topological polar surface area (TPSA) is 135 Å². The summed E-state index contributed by atoms with van der Waals surface area (Å²) in [5, 5.41) is 0. The van der Waals surface area contributed by atoms with Gasteiger partial charge in [0.05, 0.1) is 6.54 Å². The Kier molecular flexibility index (Phi) is 6.47. The van der Waals surface area contributed by atoms with Crippen molar-refractivity contribution in [1.82, 2.24) is 19.3 Å². The van der Waals surface area contributed by atoms with Crippen LogP contribution in [0.5, 0.6) is 5.75 Å². The minimum atomic E-state index is -3.96. The van der Waals surface area contributed by atoms with Crippen molar-refractivity contribution in [2.45, 2.75) is 57.0 Å². The van der Waals surface area contributed by atoms with Crippen LogP contribution in [0.25, 0.3) is 11.1 Å². The van der Waals surface area contributed by atoms with Crippen LogP contribution in [0.1, 0.15) is 43.5 Å². The molecular weight excluding hydrogens is 516 g/mol. The summed E-state index contributed by atoms with van der Waals surface area (Å²) < 4.78 is 33.9. The van der Waals surface area contributed by atoms with Gasteiger partial charge in [-0.05, 0) is 60.4 Å². The number of sulfonamides is 1. The van der Waals surface area contributed by atoms with Gasteiger partial charge in [-0.3, -0.25) is 4.79 Å². The molecule has 3 aromatic rings. The van der Waals surface area contributed by atoms with Gasteiger partial charge in [-0.2, -0.15) is 4.31 Å². The lowest BCUT2D eigenvalue weighted by molar-refractivity contribution is 0.310. The molecule has 206 valence electrons. The average molecular weight is 551 g/mol. The Labute approximate surface area is 228 Å². The Hall–Kier alpha value is -3.28. The van der Waals surface area contributed by atoms with Crippen LogP contribution in [0.3, 0.4) is 0 Å². The van der Waals surface area contributed by atoms with E-state index in [4.69, 9.17) is 15.5 Å². The van der Waals surface area contributed by atoms with Crippen LogP contribution in [0.2, 0.25) is 0 Å². The predicted molar refractivity (Wildman–Crippen MR) is 148 cm³/mol. The van der Waals surface area contributed by atoms with Crippen molar-refractivity contribution in [1.29, 1.82) is 0 Å². The molecule has 0 saturated carbocycles. The summed E-state index contributed by atoms with van der Waals surface area (Å²) in [5.41, 5.74) is 10.2. The summed E-state index contributed by atoms with van der Waals surface area (Å²) >= 11 is 0. The Balaban J connectivity index is 1.34. The molecule has 0 radical (unpaired) electrons. The number of H-pyrrole nitrogens is 1. The minimum Gasteiger partial charge on any atom is -0.491 e. The second kappa shape index (κ2) is 9.72. The van der Waals surface area contributed by atoms with Crippen LogP contribution in [-0.4, -0.2) is 60.0 Å². The number of nitrogens with two attached hydrogens (primary N) is 1. The quantitative estimate of drug-likeness (QED) is 0.506. The van der Waals surface area contributed by atoms with Crippen molar-refractivity contribution in [3.05, 3.63) is 64.0 Å². The van der Waals surface area contributed by atoms with Gasteiger partial charge in [0.25, 0.3) is 5.56 Å². The molecule has 6 rings (SSSR count). The van der Waals surface area contributed by atoms with Crippen molar-refractivity contribution >= 4 is 15.8 Å². The molecule has 2 aliphatic heterocycles. The lowest BCUT2D eigenvalue weighted by Crippen LogP contribution is -2.34. The first-order valence-corrected chi connectivity index (χ1v) is 14.9. The highest BCUT2D eigenvalue weighted by Crippen LogP contribution is 2.39. The maximum atomic E-state index is 13.2. The Morgan fingerprint density at radius 1 is 1.15 bits per heavy atom. The van der Waals surface area contributed by atoms with Gasteiger partial charge < -0.3 is 20.4 Å². The number of ether oxygens (including phenoxy) is 1. The largest absolute Gasteiger partial charge is 0.491 e. The zero-order valence-corrected chi connectivity index (χ0v) is 23.1. The van der Waals surface area contributed by atoms with E-state index >= 15 is 0 Å². The summed E-state index contributed by atoms with van der Waals surface area (Å²) in [7, 11) is -3.96. The summed E-state index contributed by atoms with van der Waals surface area (Å²) in [6.45, 7) is 6.89. The van der Waals surface area contributed by atoms with Gasteiger partial charge in [0.2, 0.25) is 10.0 Å². The fraction of sp³-hybridized carbons (Fsp3) is 0.464. The van der Waals surface area contributed by atoms with Gasteiger partial charge in [-0.1, -0.05) is 19.9 Å². The van der Waals surface area contributed by atoms with Crippen molar-refractivity contribution < 1.29 is 13.2 Å². The standard InChI is InChI=1S/C28H34N6O4S/c1-28(2)7-5-23-22(13-28)26(32-17-31-23)33-9-10-38-24-4-3-18(11-20(24)15-33)19-12-25(27(35)30-14-19)39(36,37)34-8-6-21(29)16-34/h3-4,11-12,14,17,21H,5-10,13,15-16,29H2,1-2H3,(H,30,35). The molecule has 10 nitrogen and oxygen atoms in total. The highest BCUT2D eigenvalue weighted by molar-refractivity contribution is 7.89. The van der Waals surface area contributed by atoms with Gasteiger partial charge in [-0.15, -0.1) is 0 Å². The summed E-state index contributed by atoms with van der Waals surface area (Å²) in [6, 6.07) is 7.03. The Morgan fingerprint density at radius 3 is 2.79 bits per heavy atom. The van der Waals surface area contributed by atoms with Gasteiger partial charge in [0.15, 0.2) is 0 Å². The van der Waals surface area contributed by atoms with Crippen molar-refractivity contribution in [3.8, 4) is 16.9 Å². The van der Waals surface area contributed by atoms with Gasteiger partial charge in [0.1, 0.15) is 29.4 Å². The third-order valence-electron chi connectivity index (χ3n) is 8.05. The van der Waals surface area contributed by atoms with E-state index < -0.39 is 15.6 Å².